The number of benzene rings is 2. The second kappa shape index (κ2) is 9.93. The van der Waals surface area contributed by atoms with E-state index in [0.717, 1.165) is 28.1 Å². The molecule has 0 radical (unpaired) electrons. The lowest BCUT2D eigenvalue weighted by atomic mass is 10.1. The molecule has 9 heteroatoms. The molecule has 0 fully saturated rings. The van der Waals surface area contributed by atoms with Crippen LogP contribution < -0.4 is 5.32 Å². The Morgan fingerprint density at radius 2 is 1.85 bits per heavy atom. The van der Waals surface area contributed by atoms with Crippen LogP contribution in [0.1, 0.15) is 33.5 Å². The molecule has 172 valence electrons. The van der Waals surface area contributed by atoms with Gasteiger partial charge in [-0.05, 0) is 72.5 Å². The van der Waals surface area contributed by atoms with Gasteiger partial charge in [0, 0.05) is 12.2 Å². The second-order valence-corrected chi connectivity index (χ2v) is 9.04. The van der Waals surface area contributed by atoms with Crippen molar-refractivity contribution >= 4 is 23.5 Å². The number of aromatic nitrogens is 5. The van der Waals surface area contributed by atoms with Crippen LogP contribution in [-0.2, 0) is 11.3 Å². The zero-order valence-electron chi connectivity index (χ0n) is 19.5. The summed E-state index contributed by atoms with van der Waals surface area (Å²) in [5.41, 5.74) is 6.53. The Hall–Kier alpha value is -3.90. The number of nitrogens with zero attached hydrogens (tertiary/aromatic N) is 6. The number of aryl methyl sites for hydroxylation is 2. The van der Waals surface area contributed by atoms with E-state index in [1.54, 1.807) is 4.68 Å². The summed E-state index contributed by atoms with van der Waals surface area (Å²) in [6, 6.07) is 18.2. The molecule has 0 aliphatic heterocycles. The summed E-state index contributed by atoms with van der Waals surface area (Å²) < 4.78 is 3.60. The molecule has 0 atom stereocenters. The molecule has 4 rings (SSSR count). The molecule has 1 amide bonds. The van der Waals surface area contributed by atoms with E-state index in [1.807, 2.05) is 80.8 Å². The number of nitrogens with one attached hydrogen (secondary N) is 1. The van der Waals surface area contributed by atoms with Gasteiger partial charge in [0.15, 0.2) is 0 Å². The maximum Gasteiger partial charge on any atom is 0.235 e. The monoisotopic (exact) mass is 471 g/mol. The van der Waals surface area contributed by atoms with Crippen LogP contribution in [0.3, 0.4) is 0 Å². The van der Waals surface area contributed by atoms with E-state index in [9.17, 15) is 10.1 Å². The van der Waals surface area contributed by atoms with Crippen LogP contribution in [-0.4, -0.2) is 36.4 Å². The van der Waals surface area contributed by atoms with Gasteiger partial charge >= 0.3 is 0 Å². The van der Waals surface area contributed by atoms with E-state index in [4.69, 9.17) is 0 Å². The van der Waals surface area contributed by atoms with Crippen LogP contribution in [0, 0.1) is 39.0 Å². The molecule has 1 N–H and O–H groups in total. The van der Waals surface area contributed by atoms with Crippen molar-refractivity contribution in [2.75, 3.05) is 11.1 Å². The van der Waals surface area contributed by atoms with Crippen LogP contribution >= 0.6 is 11.8 Å². The predicted octanol–water partition coefficient (Wildman–Crippen LogP) is 4.35. The Morgan fingerprint density at radius 3 is 2.56 bits per heavy atom. The van der Waals surface area contributed by atoms with Gasteiger partial charge in [-0.15, -0.1) is 5.10 Å². The molecule has 4 aromatic rings. The molecule has 2 aromatic carbocycles. The first-order chi connectivity index (χ1) is 16.4. The smallest absolute Gasteiger partial charge is 0.235 e. The van der Waals surface area contributed by atoms with Crippen LogP contribution in [0.5, 0.6) is 0 Å². The van der Waals surface area contributed by atoms with Crippen molar-refractivity contribution < 1.29 is 4.79 Å². The van der Waals surface area contributed by atoms with Crippen LogP contribution in [0.25, 0.3) is 5.69 Å². The number of carbonyl (C=O) groups excluding carboxylic acids is 1. The molecule has 0 spiro atoms. The Labute approximate surface area is 202 Å². The highest BCUT2D eigenvalue weighted by Crippen LogP contribution is 2.28. The topological polar surface area (TPSA) is 101 Å². The third-order valence-electron chi connectivity index (χ3n) is 5.89. The minimum atomic E-state index is -0.233. The fourth-order valence-corrected chi connectivity index (χ4v) is 4.37. The fourth-order valence-electron chi connectivity index (χ4n) is 3.68. The molecule has 0 saturated heterocycles. The quantitative estimate of drug-likeness (QED) is 0.402. The molecule has 8 nitrogen and oxygen atoms in total. The van der Waals surface area contributed by atoms with Crippen molar-refractivity contribution in [1.29, 1.82) is 5.26 Å². The van der Waals surface area contributed by atoms with Crippen molar-refractivity contribution in [3.8, 4) is 11.8 Å². The summed E-state index contributed by atoms with van der Waals surface area (Å²) in [6.45, 7) is 8.50. The van der Waals surface area contributed by atoms with E-state index in [0.29, 0.717) is 23.1 Å². The highest BCUT2D eigenvalue weighted by Gasteiger charge is 2.20. The summed E-state index contributed by atoms with van der Waals surface area (Å²) >= 11 is 1.24. The summed E-state index contributed by atoms with van der Waals surface area (Å²) in [5, 5.41) is 25.2. The van der Waals surface area contributed by atoms with Gasteiger partial charge < -0.3 is 9.88 Å². The van der Waals surface area contributed by atoms with Gasteiger partial charge in [0.2, 0.25) is 11.1 Å². The van der Waals surface area contributed by atoms with E-state index < -0.39 is 0 Å². The number of hydrogen-bond donors (Lipinski definition) is 1. The molecule has 0 saturated carbocycles. The predicted molar refractivity (Wildman–Crippen MR) is 132 cm³/mol. The van der Waals surface area contributed by atoms with E-state index in [1.165, 1.54) is 17.3 Å². The highest BCUT2D eigenvalue weighted by atomic mass is 32.2. The lowest BCUT2D eigenvalue weighted by Gasteiger charge is -2.13. The second-order valence-electron chi connectivity index (χ2n) is 8.10. The summed E-state index contributed by atoms with van der Waals surface area (Å²) in [6.07, 6.45) is 0. The maximum atomic E-state index is 12.9. The Kier molecular flexibility index (Phi) is 6.80. The fraction of sp³-hybridized carbons (Fsp3) is 0.240. The maximum absolute atomic E-state index is 12.9. The summed E-state index contributed by atoms with van der Waals surface area (Å²) in [7, 11) is 0. The van der Waals surface area contributed by atoms with E-state index >= 15 is 0 Å². The van der Waals surface area contributed by atoms with Crippen LogP contribution in [0.15, 0.2) is 53.7 Å². The molecule has 0 aliphatic carbocycles. The number of nitriles is 1. The van der Waals surface area contributed by atoms with Crippen LogP contribution in [0.2, 0.25) is 0 Å². The zero-order chi connectivity index (χ0) is 24.2. The van der Waals surface area contributed by atoms with Gasteiger partial charge in [-0.2, -0.15) is 9.94 Å². The van der Waals surface area contributed by atoms with Crippen LogP contribution in [0.4, 0.5) is 5.82 Å². The first-order valence-corrected chi connectivity index (χ1v) is 11.8. The minimum Gasteiger partial charge on any atom is -0.326 e. The van der Waals surface area contributed by atoms with Gasteiger partial charge in [-0.1, -0.05) is 48.2 Å². The minimum absolute atomic E-state index is 0.102. The molecular formula is C25H25N7OS. The molecular weight excluding hydrogens is 446 g/mol. The van der Waals surface area contributed by atoms with Crippen molar-refractivity contribution in [2.45, 2.75) is 39.4 Å². The third kappa shape index (κ3) is 4.72. The standard InChI is InChI=1S/C25H25N7OS/c1-16-10-11-21(12-17(16)2)32-25(28-29-30-32)34-15-23(33)27-24-22(13-26)18(3)19(4)31(24)14-20-8-6-5-7-9-20/h5-12H,14-15H2,1-4H3,(H,27,33). The van der Waals surface area contributed by atoms with Gasteiger partial charge in [0.05, 0.1) is 17.0 Å². The van der Waals surface area contributed by atoms with Gasteiger partial charge in [-0.3, -0.25) is 4.79 Å². The highest BCUT2D eigenvalue weighted by molar-refractivity contribution is 7.99. The SMILES string of the molecule is Cc1ccc(-n2nnnc2SCC(=O)Nc2c(C#N)c(C)c(C)n2Cc2ccccc2)cc1C. The Bertz CT molecular complexity index is 1380. The molecule has 0 aliphatic rings. The van der Waals surface area contributed by atoms with Crippen molar-refractivity contribution in [2.24, 2.45) is 0 Å². The van der Waals surface area contributed by atoms with E-state index in [-0.39, 0.29) is 11.7 Å². The zero-order valence-corrected chi connectivity index (χ0v) is 20.3. The first kappa shape index (κ1) is 23.3. The number of rotatable bonds is 7. The number of anilines is 1. The Morgan fingerprint density at radius 1 is 1.09 bits per heavy atom. The molecule has 2 aromatic heterocycles. The van der Waals surface area contributed by atoms with Gasteiger partial charge in [0.25, 0.3) is 0 Å². The molecule has 2 heterocycles. The average Bonchev–Trinajstić information content (AvgIpc) is 3.39. The Balaban J connectivity index is 1.52. The van der Waals surface area contributed by atoms with Gasteiger partial charge in [0.1, 0.15) is 11.9 Å². The van der Waals surface area contributed by atoms with Crippen molar-refractivity contribution in [1.82, 2.24) is 24.8 Å². The first-order valence-electron chi connectivity index (χ1n) is 10.8. The molecule has 34 heavy (non-hydrogen) atoms. The number of tetrazole rings is 1. The van der Waals surface area contributed by atoms with Crippen molar-refractivity contribution in [3.05, 3.63) is 82.0 Å². The number of amides is 1. The number of hydrogen-bond acceptors (Lipinski definition) is 6. The molecule has 0 unspecified atom stereocenters. The summed E-state index contributed by atoms with van der Waals surface area (Å²) in [4.78, 5) is 12.9. The third-order valence-corrected chi connectivity index (χ3v) is 6.81. The number of carbonyl (C=O) groups is 1. The average molecular weight is 472 g/mol. The lowest BCUT2D eigenvalue weighted by Crippen LogP contribution is -2.19. The van der Waals surface area contributed by atoms with E-state index in [2.05, 4.69) is 26.9 Å². The van der Waals surface area contributed by atoms with Crippen molar-refractivity contribution in [3.63, 3.8) is 0 Å². The summed E-state index contributed by atoms with van der Waals surface area (Å²) in [5.74, 6) is 0.383. The van der Waals surface area contributed by atoms with Gasteiger partial charge in [-0.25, -0.2) is 0 Å². The largest absolute Gasteiger partial charge is 0.326 e. The lowest BCUT2D eigenvalue weighted by molar-refractivity contribution is -0.113. The molecule has 0 bridgehead atoms. The number of thioether (sulfide) groups is 1. The normalized spacial score (nSPS) is 10.8.